The number of piperazine rings is 1. The van der Waals surface area contributed by atoms with Gasteiger partial charge in [-0.2, -0.15) is 0 Å². The van der Waals surface area contributed by atoms with Crippen LogP contribution in [0.3, 0.4) is 0 Å². The van der Waals surface area contributed by atoms with Crippen molar-refractivity contribution < 1.29 is 4.79 Å². The number of nitrogens with one attached hydrogen (secondary N) is 2. The molecule has 1 unspecified atom stereocenters. The molecule has 5 nitrogen and oxygen atoms in total. The van der Waals surface area contributed by atoms with E-state index in [-0.39, 0.29) is 11.9 Å². The monoisotopic (exact) mass is 392 g/mol. The number of carbonyl (C=O) groups excluding carboxylic acids is 1. The fraction of sp³-hybridized carbons (Fsp3) is 0.368. The van der Waals surface area contributed by atoms with Crippen molar-refractivity contribution in [1.82, 2.24) is 20.5 Å². The van der Waals surface area contributed by atoms with Crippen LogP contribution in [0.2, 0.25) is 10.0 Å². The van der Waals surface area contributed by atoms with Gasteiger partial charge in [-0.15, -0.1) is 0 Å². The number of aromatic nitrogens is 1. The number of carbonyl (C=O) groups is 1. The van der Waals surface area contributed by atoms with E-state index in [2.05, 4.69) is 26.6 Å². The van der Waals surface area contributed by atoms with Gasteiger partial charge in [-0.1, -0.05) is 41.4 Å². The van der Waals surface area contributed by atoms with Crippen LogP contribution in [0.4, 0.5) is 0 Å². The average molecular weight is 393 g/mol. The Morgan fingerprint density at radius 2 is 2.19 bits per heavy atom. The number of hydrogen-bond acceptors (Lipinski definition) is 4. The zero-order chi connectivity index (χ0) is 18.4. The topological polar surface area (TPSA) is 57.3 Å². The first-order valence-corrected chi connectivity index (χ1v) is 9.45. The van der Waals surface area contributed by atoms with Gasteiger partial charge in [-0.3, -0.25) is 14.7 Å². The van der Waals surface area contributed by atoms with E-state index in [0.717, 1.165) is 30.8 Å². The summed E-state index contributed by atoms with van der Waals surface area (Å²) in [5, 5.41) is 7.46. The maximum absolute atomic E-state index is 12.4. The molecule has 1 saturated heterocycles. The molecule has 0 saturated carbocycles. The van der Waals surface area contributed by atoms with Gasteiger partial charge in [-0.25, -0.2) is 0 Å². The molecule has 1 aliphatic rings. The number of nitrogens with zero attached hydrogens (tertiary/aromatic N) is 2. The van der Waals surface area contributed by atoms with Crippen LogP contribution in [-0.2, 0) is 11.2 Å². The predicted molar refractivity (Wildman–Crippen MR) is 105 cm³/mol. The number of hydrogen-bond donors (Lipinski definition) is 2. The Balaban J connectivity index is 1.52. The summed E-state index contributed by atoms with van der Waals surface area (Å²) in [5.41, 5.74) is 2.06. The minimum atomic E-state index is 0.0129. The molecule has 1 amide bonds. The summed E-state index contributed by atoms with van der Waals surface area (Å²) in [6, 6.07) is 9.69. The molecule has 1 fully saturated rings. The molecule has 2 N–H and O–H groups in total. The molecule has 138 valence electrons. The smallest absolute Gasteiger partial charge is 0.234 e. The lowest BCUT2D eigenvalue weighted by Crippen LogP contribution is -2.49. The van der Waals surface area contributed by atoms with Crippen molar-refractivity contribution in [3.05, 3.63) is 63.9 Å². The number of benzene rings is 1. The molecule has 26 heavy (non-hydrogen) atoms. The van der Waals surface area contributed by atoms with Crippen molar-refractivity contribution in [3.8, 4) is 0 Å². The maximum atomic E-state index is 12.4. The van der Waals surface area contributed by atoms with Crippen molar-refractivity contribution in [3.63, 3.8) is 0 Å². The van der Waals surface area contributed by atoms with Crippen molar-refractivity contribution in [1.29, 1.82) is 0 Å². The molecule has 0 spiro atoms. The van der Waals surface area contributed by atoms with Gasteiger partial charge in [0.15, 0.2) is 0 Å². The molecular weight excluding hydrogens is 371 g/mol. The van der Waals surface area contributed by atoms with Gasteiger partial charge in [-0.05, 0) is 29.7 Å². The first-order chi connectivity index (χ1) is 12.6. The predicted octanol–water partition coefficient (Wildman–Crippen LogP) is 2.69. The number of amides is 1. The Morgan fingerprint density at radius 3 is 3.00 bits per heavy atom. The van der Waals surface area contributed by atoms with Gasteiger partial charge in [0.2, 0.25) is 5.91 Å². The highest BCUT2D eigenvalue weighted by Crippen LogP contribution is 2.25. The van der Waals surface area contributed by atoms with Crippen LogP contribution in [-0.4, -0.2) is 48.5 Å². The van der Waals surface area contributed by atoms with Crippen LogP contribution < -0.4 is 10.6 Å². The summed E-state index contributed by atoms with van der Waals surface area (Å²) in [7, 11) is 0. The molecule has 1 aliphatic heterocycles. The fourth-order valence-corrected chi connectivity index (χ4v) is 3.57. The van der Waals surface area contributed by atoms with Crippen molar-refractivity contribution >= 4 is 29.1 Å². The Bertz CT molecular complexity index is 742. The average Bonchev–Trinajstić information content (AvgIpc) is 2.66. The van der Waals surface area contributed by atoms with Crippen LogP contribution in [0, 0.1) is 0 Å². The van der Waals surface area contributed by atoms with E-state index < -0.39 is 0 Å². The number of halogens is 2. The fourth-order valence-electron chi connectivity index (χ4n) is 3.16. The van der Waals surface area contributed by atoms with Gasteiger partial charge in [0.05, 0.1) is 16.6 Å². The van der Waals surface area contributed by atoms with Crippen LogP contribution in [0.25, 0.3) is 0 Å². The lowest BCUT2D eigenvalue weighted by molar-refractivity contribution is -0.123. The Hall–Kier alpha value is -1.66. The summed E-state index contributed by atoms with van der Waals surface area (Å²) in [4.78, 5) is 18.8. The Labute approximate surface area is 163 Å². The van der Waals surface area contributed by atoms with E-state index >= 15 is 0 Å². The lowest BCUT2D eigenvalue weighted by atomic mass is 10.1. The van der Waals surface area contributed by atoms with E-state index in [4.69, 9.17) is 23.2 Å². The maximum Gasteiger partial charge on any atom is 0.234 e. The van der Waals surface area contributed by atoms with Gasteiger partial charge in [0, 0.05) is 44.6 Å². The van der Waals surface area contributed by atoms with Crippen molar-refractivity contribution in [2.45, 2.75) is 12.5 Å². The van der Waals surface area contributed by atoms with Gasteiger partial charge >= 0.3 is 0 Å². The van der Waals surface area contributed by atoms with Gasteiger partial charge < -0.3 is 10.6 Å². The largest absolute Gasteiger partial charge is 0.355 e. The quantitative estimate of drug-likeness (QED) is 0.793. The number of rotatable bonds is 6. The summed E-state index contributed by atoms with van der Waals surface area (Å²) < 4.78 is 0. The van der Waals surface area contributed by atoms with E-state index in [9.17, 15) is 4.79 Å². The van der Waals surface area contributed by atoms with E-state index in [1.54, 1.807) is 12.3 Å². The molecule has 0 bridgehead atoms. The zero-order valence-corrected chi connectivity index (χ0v) is 15.9. The third-order valence-electron chi connectivity index (χ3n) is 4.52. The first kappa shape index (κ1) is 19.1. The van der Waals surface area contributed by atoms with Crippen LogP contribution >= 0.6 is 23.2 Å². The molecule has 1 aromatic heterocycles. The molecule has 3 rings (SSSR count). The summed E-state index contributed by atoms with van der Waals surface area (Å²) in [6.45, 7) is 3.42. The summed E-state index contributed by atoms with van der Waals surface area (Å²) in [5.74, 6) is 0.0129. The molecule has 1 aromatic carbocycles. The third kappa shape index (κ3) is 4.95. The first-order valence-electron chi connectivity index (χ1n) is 8.69. The Morgan fingerprint density at radius 1 is 1.31 bits per heavy atom. The van der Waals surface area contributed by atoms with E-state index in [0.29, 0.717) is 29.6 Å². The summed E-state index contributed by atoms with van der Waals surface area (Å²) in [6.07, 6.45) is 4.28. The van der Waals surface area contributed by atoms with Crippen LogP contribution in [0.15, 0.2) is 42.7 Å². The van der Waals surface area contributed by atoms with Crippen LogP contribution in [0.1, 0.15) is 17.2 Å². The van der Waals surface area contributed by atoms with Crippen molar-refractivity contribution in [2.24, 2.45) is 0 Å². The molecule has 7 heteroatoms. The normalized spacial score (nSPS) is 17.8. The second-order valence-electron chi connectivity index (χ2n) is 6.29. The second kappa shape index (κ2) is 9.33. The standard InChI is InChI=1S/C19H22Cl2N4O/c20-16-5-1-3-14(19(16)21)6-8-24-18(26)13-25-10-9-23-12-17(25)15-4-2-7-22-11-15/h1-5,7,11,17,23H,6,8-10,12-13H2,(H,24,26). The minimum absolute atomic E-state index is 0.0129. The molecule has 2 aromatic rings. The molecule has 1 atom stereocenters. The van der Waals surface area contributed by atoms with E-state index in [1.165, 1.54) is 0 Å². The molecule has 0 radical (unpaired) electrons. The summed E-state index contributed by atoms with van der Waals surface area (Å²) >= 11 is 12.2. The minimum Gasteiger partial charge on any atom is -0.355 e. The van der Waals surface area contributed by atoms with Crippen LogP contribution in [0.5, 0.6) is 0 Å². The third-order valence-corrected chi connectivity index (χ3v) is 5.38. The highest BCUT2D eigenvalue weighted by Gasteiger charge is 2.25. The highest BCUT2D eigenvalue weighted by molar-refractivity contribution is 6.42. The van der Waals surface area contributed by atoms with Gasteiger partial charge in [0.1, 0.15) is 0 Å². The zero-order valence-electron chi connectivity index (χ0n) is 14.4. The number of pyridine rings is 1. The second-order valence-corrected chi connectivity index (χ2v) is 7.07. The molecular formula is C19H22Cl2N4O. The van der Waals surface area contributed by atoms with Gasteiger partial charge in [0.25, 0.3) is 0 Å². The lowest BCUT2D eigenvalue weighted by Gasteiger charge is -2.35. The van der Waals surface area contributed by atoms with Crippen molar-refractivity contribution in [2.75, 3.05) is 32.7 Å². The Kier molecular flexibility index (Phi) is 6.86. The molecule has 2 heterocycles. The van der Waals surface area contributed by atoms with E-state index in [1.807, 2.05) is 24.4 Å². The SMILES string of the molecule is O=C(CN1CCNCC1c1cccnc1)NCCc1cccc(Cl)c1Cl. The molecule has 0 aliphatic carbocycles. The highest BCUT2D eigenvalue weighted by atomic mass is 35.5.